The van der Waals surface area contributed by atoms with Gasteiger partial charge < -0.3 is 14.4 Å². The second-order valence-corrected chi connectivity index (χ2v) is 11.4. The number of hydrogen-bond acceptors (Lipinski definition) is 5. The number of methoxy groups -OCH3 is 1. The molecule has 2 aliphatic heterocycles. The van der Waals surface area contributed by atoms with E-state index in [0.29, 0.717) is 18.5 Å². The minimum Gasteiger partial charge on any atom is -0.493 e. The molecule has 1 amide bonds. The van der Waals surface area contributed by atoms with Gasteiger partial charge >= 0.3 is 0 Å². The van der Waals surface area contributed by atoms with Crippen LogP contribution in [0.3, 0.4) is 0 Å². The van der Waals surface area contributed by atoms with Gasteiger partial charge in [-0.05, 0) is 75.3 Å². The fraction of sp³-hybridized carbons (Fsp3) is 0.484. The molecule has 6 rings (SSSR count). The number of piperidine rings is 1. The zero-order chi connectivity index (χ0) is 25.9. The van der Waals surface area contributed by atoms with Crippen LogP contribution < -0.4 is 9.47 Å². The first-order chi connectivity index (χ1) is 17.8. The molecule has 2 aromatic rings. The third-order valence-electron chi connectivity index (χ3n) is 9.34. The van der Waals surface area contributed by atoms with Crippen molar-refractivity contribution >= 4 is 17.8 Å². The maximum atomic E-state index is 13.4. The molecule has 6 nitrogen and oxygen atoms in total. The maximum absolute atomic E-state index is 13.4. The van der Waals surface area contributed by atoms with Gasteiger partial charge in [-0.25, -0.2) is 0 Å². The van der Waals surface area contributed by atoms with Crippen molar-refractivity contribution in [2.75, 3.05) is 27.2 Å². The second-order valence-electron chi connectivity index (χ2n) is 11.4. The van der Waals surface area contributed by atoms with Crippen molar-refractivity contribution < 1.29 is 19.1 Å². The third-order valence-corrected chi connectivity index (χ3v) is 9.34. The molecule has 1 spiro atoms. The van der Waals surface area contributed by atoms with Gasteiger partial charge in [-0.1, -0.05) is 35.9 Å². The van der Waals surface area contributed by atoms with E-state index in [0.717, 1.165) is 49.3 Å². The predicted octanol–water partition coefficient (Wildman–Crippen LogP) is 4.17. The largest absolute Gasteiger partial charge is 0.493 e. The smallest absolute Gasteiger partial charge is 0.246 e. The van der Waals surface area contributed by atoms with Crippen LogP contribution >= 0.6 is 0 Å². The summed E-state index contributed by atoms with van der Waals surface area (Å²) in [6.45, 7) is 5.12. The molecule has 0 aromatic heterocycles. The number of likely N-dealkylation sites (tertiary alicyclic amines) is 1. The van der Waals surface area contributed by atoms with Crippen LogP contribution in [0.1, 0.15) is 48.4 Å². The van der Waals surface area contributed by atoms with Crippen LogP contribution in [0.5, 0.6) is 11.5 Å². The molecule has 0 unspecified atom stereocenters. The number of amides is 1. The molecule has 2 aromatic carbocycles. The standard InChI is InChI=1S/C31H36N2O4/c1-19-6-5-7-21(16-19)8-13-27(35)32(3)24-11-10-23-25-17-22-9-12-26(36-4)29-28(22)31(23,30(24)37-29)14-15-33(25)18-20(2)34/h5-9,12-13,16,23-25,30H,10-11,14-15,17-18H2,1-4H3/t23-,24+,25+,30-,31-/m0/s1. The van der Waals surface area contributed by atoms with Gasteiger partial charge in [-0.2, -0.15) is 0 Å². The fourth-order valence-electron chi connectivity index (χ4n) is 7.85. The minimum absolute atomic E-state index is 0.00512. The predicted molar refractivity (Wildman–Crippen MR) is 143 cm³/mol. The molecule has 37 heavy (non-hydrogen) atoms. The summed E-state index contributed by atoms with van der Waals surface area (Å²) in [6, 6.07) is 12.7. The van der Waals surface area contributed by atoms with Crippen LogP contribution in [-0.4, -0.2) is 66.9 Å². The minimum atomic E-state index is -0.160. The molecule has 1 saturated heterocycles. The van der Waals surface area contributed by atoms with Crippen LogP contribution in [0.4, 0.5) is 0 Å². The average Bonchev–Trinajstić information content (AvgIpc) is 3.23. The first kappa shape index (κ1) is 24.2. The SMILES string of the molecule is COc1ccc2c3c1O[C@H]1[C@H](N(C)C(=O)C=Cc4cccc(C)c4)CC[C@H]4[C@@H](C2)N(CC(C)=O)CC[C@@]341. The number of aryl methyl sites for hydroxylation is 1. The van der Waals surface area contributed by atoms with E-state index in [1.165, 1.54) is 16.7 Å². The van der Waals surface area contributed by atoms with Crippen LogP contribution in [0.25, 0.3) is 6.08 Å². The number of rotatable bonds is 6. The highest BCUT2D eigenvalue weighted by Gasteiger charge is 2.66. The summed E-state index contributed by atoms with van der Waals surface area (Å²) in [4.78, 5) is 29.8. The number of ketones is 1. The summed E-state index contributed by atoms with van der Waals surface area (Å²) in [5, 5.41) is 0. The second kappa shape index (κ2) is 9.02. The Balaban J connectivity index is 1.35. The molecule has 194 valence electrons. The van der Waals surface area contributed by atoms with Gasteiger partial charge in [-0.15, -0.1) is 0 Å². The van der Waals surface area contributed by atoms with E-state index in [-0.39, 0.29) is 29.3 Å². The third kappa shape index (κ3) is 3.71. The number of benzene rings is 2. The monoisotopic (exact) mass is 500 g/mol. The molecule has 0 radical (unpaired) electrons. The normalized spacial score (nSPS) is 29.5. The molecule has 5 atom stereocenters. The molecule has 0 N–H and O–H groups in total. The summed E-state index contributed by atoms with van der Waals surface area (Å²) in [5.41, 5.74) is 4.65. The van der Waals surface area contributed by atoms with Gasteiger partial charge in [0.2, 0.25) is 5.91 Å². The summed E-state index contributed by atoms with van der Waals surface area (Å²) in [6.07, 6.45) is 7.22. The van der Waals surface area contributed by atoms with Crippen molar-refractivity contribution in [3.05, 3.63) is 64.7 Å². The highest BCUT2D eigenvalue weighted by molar-refractivity contribution is 5.92. The van der Waals surface area contributed by atoms with Crippen LogP contribution in [0.2, 0.25) is 0 Å². The van der Waals surface area contributed by atoms with Gasteiger partial charge in [0.05, 0.1) is 19.7 Å². The highest BCUT2D eigenvalue weighted by atomic mass is 16.5. The summed E-state index contributed by atoms with van der Waals surface area (Å²) in [7, 11) is 3.61. The zero-order valence-corrected chi connectivity index (χ0v) is 22.2. The first-order valence-electron chi connectivity index (χ1n) is 13.5. The van der Waals surface area contributed by atoms with Gasteiger partial charge in [0.25, 0.3) is 0 Å². The Labute approximate surface area is 219 Å². The van der Waals surface area contributed by atoms with Crippen molar-refractivity contribution in [2.24, 2.45) is 5.92 Å². The summed E-state index contributed by atoms with van der Waals surface area (Å²) < 4.78 is 12.6. The maximum Gasteiger partial charge on any atom is 0.246 e. The molecule has 2 aliphatic carbocycles. The van der Waals surface area contributed by atoms with E-state index in [1.54, 1.807) is 20.1 Å². The van der Waals surface area contributed by atoms with Gasteiger partial charge in [-0.3, -0.25) is 14.5 Å². The van der Waals surface area contributed by atoms with Crippen LogP contribution in [-0.2, 0) is 21.4 Å². The average molecular weight is 501 g/mol. The lowest BCUT2D eigenvalue weighted by atomic mass is 9.51. The Hall–Kier alpha value is -3.12. The lowest BCUT2D eigenvalue weighted by Gasteiger charge is -2.60. The Kier molecular flexibility index (Phi) is 5.90. The van der Waals surface area contributed by atoms with Crippen molar-refractivity contribution in [1.82, 2.24) is 9.80 Å². The highest BCUT2D eigenvalue weighted by Crippen LogP contribution is 2.64. The number of nitrogens with zero attached hydrogens (tertiary/aromatic N) is 2. The number of ether oxygens (including phenoxy) is 2. The van der Waals surface area contributed by atoms with E-state index < -0.39 is 0 Å². The molecule has 6 heteroatoms. The molecule has 2 fully saturated rings. The van der Waals surface area contributed by atoms with Crippen molar-refractivity contribution in [2.45, 2.75) is 63.1 Å². The fourth-order valence-corrected chi connectivity index (χ4v) is 7.85. The van der Waals surface area contributed by atoms with Crippen molar-refractivity contribution in [3.63, 3.8) is 0 Å². The molecule has 4 aliphatic rings. The van der Waals surface area contributed by atoms with Crippen molar-refractivity contribution in [3.8, 4) is 11.5 Å². The van der Waals surface area contributed by atoms with Gasteiger partial charge in [0.1, 0.15) is 11.9 Å². The Morgan fingerprint density at radius 3 is 2.84 bits per heavy atom. The number of Topliss-reactive ketones (excluding diaryl/α,β-unsaturated/α-hetero) is 1. The summed E-state index contributed by atoms with van der Waals surface area (Å²) in [5.74, 6) is 2.26. The molecule has 2 bridgehead atoms. The topological polar surface area (TPSA) is 59.1 Å². The number of hydrogen-bond donors (Lipinski definition) is 0. The van der Waals surface area contributed by atoms with Gasteiger partial charge in [0, 0.05) is 30.1 Å². The van der Waals surface area contributed by atoms with Gasteiger partial charge in [0.15, 0.2) is 11.5 Å². The molecular weight excluding hydrogens is 464 g/mol. The molecule has 2 heterocycles. The number of carbonyl (C=O) groups is 2. The van der Waals surface area contributed by atoms with Crippen LogP contribution in [0.15, 0.2) is 42.5 Å². The molecular formula is C31H36N2O4. The van der Waals surface area contributed by atoms with E-state index in [9.17, 15) is 9.59 Å². The van der Waals surface area contributed by atoms with E-state index in [1.807, 2.05) is 36.2 Å². The Morgan fingerprint density at radius 1 is 1.24 bits per heavy atom. The quantitative estimate of drug-likeness (QED) is 0.557. The van der Waals surface area contributed by atoms with E-state index in [4.69, 9.17) is 9.47 Å². The number of likely N-dealkylation sites (N-methyl/N-ethyl adjacent to an activating group) is 1. The van der Waals surface area contributed by atoms with E-state index >= 15 is 0 Å². The van der Waals surface area contributed by atoms with E-state index in [2.05, 4.69) is 30.0 Å². The molecule has 1 saturated carbocycles. The van der Waals surface area contributed by atoms with Crippen molar-refractivity contribution in [1.29, 1.82) is 0 Å². The zero-order valence-electron chi connectivity index (χ0n) is 22.2. The van der Waals surface area contributed by atoms with Crippen LogP contribution in [0, 0.1) is 12.8 Å². The lowest BCUT2D eigenvalue weighted by molar-refractivity contribution is -0.136. The first-order valence-corrected chi connectivity index (χ1v) is 13.5. The lowest BCUT2D eigenvalue weighted by Crippen LogP contribution is -2.69. The Morgan fingerprint density at radius 2 is 2.08 bits per heavy atom. The summed E-state index contributed by atoms with van der Waals surface area (Å²) >= 11 is 0. The Bertz CT molecular complexity index is 1290. The number of carbonyl (C=O) groups excluding carboxylic acids is 2.